The van der Waals surface area contributed by atoms with E-state index < -0.39 is 32.5 Å². The average Bonchev–Trinajstić information content (AvgIpc) is 2.77. The second kappa shape index (κ2) is 8.46. The maximum Gasteiger partial charge on any atom is 0.525 e. The van der Waals surface area contributed by atoms with Crippen molar-refractivity contribution in [3.8, 4) is 5.75 Å². The first-order valence-corrected chi connectivity index (χ1v) is 10.7. The van der Waals surface area contributed by atoms with Crippen molar-refractivity contribution in [3.05, 3.63) is 77.4 Å². The number of hydroxylamine groups is 2. The van der Waals surface area contributed by atoms with Crippen LogP contribution in [0.15, 0.2) is 60.7 Å². The van der Waals surface area contributed by atoms with Crippen molar-refractivity contribution in [1.82, 2.24) is 5.06 Å². The fraction of sp³-hybridized carbons (Fsp3) is 0.143. The van der Waals surface area contributed by atoms with Gasteiger partial charge >= 0.3 is 15.6 Å². The van der Waals surface area contributed by atoms with E-state index in [0.717, 1.165) is 5.56 Å². The van der Waals surface area contributed by atoms with Gasteiger partial charge in [-0.3, -0.25) is 9.59 Å². The molecule has 0 aromatic heterocycles. The Bertz CT molecular complexity index is 1340. The summed E-state index contributed by atoms with van der Waals surface area (Å²) in [5.41, 5.74) is -5.41. The first-order valence-electron chi connectivity index (χ1n) is 9.29. The normalized spacial score (nSPS) is 14.1. The number of nitrogens with zero attached hydrogens (tertiary/aromatic N) is 1. The minimum Gasteiger partial charge on any atom is -0.467 e. The van der Waals surface area contributed by atoms with Crippen molar-refractivity contribution in [2.75, 3.05) is 6.79 Å². The molecule has 0 N–H and O–H groups in total. The monoisotopic (exact) mass is 481 g/mol. The van der Waals surface area contributed by atoms with Crippen LogP contribution in [-0.2, 0) is 25.7 Å². The summed E-state index contributed by atoms with van der Waals surface area (Å²) in [5, 5.41) is 0.0905. The molecule has 0 unspecified atom stereocenters. The van der Waals surface area contributed by atoms with Crippen LogP contribution in [0.5, 0.6) is 5.75 Å². The predicted octanol–water partition coefficient (Wildman–Crippen LogP) is 3.77. The first kappa shape index (κ1) is 22.7. The molecule has 3 aromatic carbocycles. The molecule has 33 heavy (non-hydrogen) atoms. The van der Waals surface area contributed by atoms with E-state index in [4.69, 9.17) is 9.47 Å². The third kappa shape index (κ3) is 4.40. The zero-order valence-corrected chi connectivity index (χ0v) is 17.4. The van der Waals surface area contributed by atoms with E-state index in [1.54, 1.807) is 6.07 Å². The zero-order valence-electron chi connectivity index (χ0n) is 16.5. The van der Waals surface area contributed by atoms with Crippen LogP contribution in [-0.4, -0.2) is 37.6 Å². The molecule has 0 bridgehead atoms. The lowest BCUT2D eigenvalue weighted by Gasteiger charge is -2.26. The second-order valence-electron chi connectivity index (χ2n) is 6.85. The standard InChI is InChI=1S/C21H14F3NO7S/c22-21(23,24)33(28,29)32-25-19(26)16-8-4-7-14-9-15(10-17(18(14)16)20(25)27)31-12-30-11-13-5-2-1-3-6-13/h1-10H,11-12H2. The average molecular weight is 481 g/mol. The Morgan fingerprint density at radius 1 is 0.879 bits per heavy atom. The van der Waals surface area contributed by atoms with E-state index in [1.165, 1.54) is 24.3 Å². The maximum atomic E-state index is 12.7. The van der Waals surface area contributed by atoms with Gasteiger partial charge in [-0.15, -0.1) is 9.35 Å². The summed E-state index contributed by atoms with van der Waals surface area (Å²) in [6.07, 6.45) is 0. The summed E-state index contributed by atoms with van der Waals surface area (Å²) in [6, 6.07) is 16.1. The molecule has 3 aromatic rings. The van der Waals surface area contributed by atoms with Crippen molar-refractivity contribution < 1.29 is 44.9 Å². The minimum absolute atomic E-state index is 0.115. The van der Waals surface area contributed by atoms with Crippen molar-refractivity contribution in [3.63, 3.8) is 0 Å². The molecule has 1 aliphatic heterocycles. The number of hydrogen-bond donors (Lipinski definition) is 0. The van der Waals surface area contributed by atoms with Crippen LogP contribution in [0.25, 0.3) is 10.8 Å². The number of carbonyl (C=O) groups excluding carboxylic acids is 2. The van der Waals surface area contributed by atoms with Crippen LogP contribution in [0, 0.1) is 0 Å². The van der Waals surface area contributed by atoms with E-state index in [9.17, 15) is 31.2 Å². The summed E-state index contributed by atoms with van der Waals surface area (Å²) in [6.45, 7) is 0.0328. The summed E-state index contributed by atoms with van der Waals surface area (Å²) in [7, 11) is -6.26. The molecular formula is C21H14F3NO7S. The number of alkyl halides is 3. The van der Waals surface area contributed by atoms with E-state index in [2.05, 4.69) is 4.28 Å². The molecule has 1 heterocycles. The van der Waals surface area contributed by atoms with E-state index in [1.807, 2.05) is 30.3 Å². The molecule has 0 atom stereocenters. The highest BCUT2D eigenvalue weighted by Gasteiger charge is 2.51. The molecule has 12 heteroatoms. The van der Waals surface area contributed by atoms with E-state index >= 15 is 0 Å². The van der Waals surface area contributed by atoms with Gasteiger partial charge in [0.25, 0.3) is 11.8 Å². The molecule has 0 radical (unpaired) electrons. The van der Waals surface area contributed by atoms with Gasteiger partial charge in [0.05, 0.1) is 17.7 Å². The fourth-order valence-corrected chi connectivity index (χ4v) is 3.61. The Balaban J connectivity index is 1.61. The van der Waals surface area contributed by atoms with Gasteiger partial charge in [0.1, 0.15) is 5.75 Å². The molecule has 0 fully saturated rings. The highest BCUT2D eigenvalue weighted by atomic mass is 32.2. The number of halogens is 3. The Kier molecular flexibility index (Phi) is 5.82. The number of carbonyl (C=O) groups is 2. The third-order valence-corrected chi connectivity index (χ3v) is 5.57. The quantitative estimate of drug-likeness (QED) is 0.219. The van der Waals surface area contributed by atoms with Crippen molar-refractivity contribution >= 4 is 32.7 Å². The summed E-state index contributed by atoms with van der Waals surface area (Å²) in [4.78, 5) is 25.3. The number of hydrogen-bond acceptors (Lipinski definition) is 7. The Labute approximate surface area is 185 Å². The molecule has 4 rings (SSSR count). The molecule has 0 saturated heterocycles. The summed E-state index contributed by atoms with van der Waals surface area (Å²) >= 11 is 0. The van der Waals surface area contributed by atoms with E-state index in [-0.39, 0.29) is 35.7 Å². The van der Waals surface area contributed by atoms with Gasteiger partial charge in [-0.25, -0.2) is 0 Å². The van der Waals surface area contributed by atoms with Crippen LogP contribution in [0.1, 0.15) is 26.3 Å². The first-order chi connectivity index (χ1) is 15.6. The molecular weight excluding hydrogens is 467 g/mol. The highest BCUT2D eigenvalue weighted by molar-refractivity contribution is 7.87. The molecule has 0 saturated carbocycles. The predicted molar refractivity (Wildman–Crippen MR) is 107 cm³/mol. The Morgan fingerprint density at radius 2 is 1.58 bits per heavy atom. The van der Waals surface area contributed by atoms with Crippen molar-refractivity contribution in [1.29, 1.82) is 0 Å². The molecule has 172 valence electrons. The lowest BCUT2D eigenvalue weighted by molar-refractivity contribution is -0.0761. The van der Waals surface area contributed by atoms with Crippen molar-refractivity contribution in [2.24, 2.45) is 0 Å². The van der Waals surface area contributed by atoms with Crippen LogP contribution in [0.3, 0.4) is 0 Å². The Hall–Kier alpha value is -3.48. The van der Waals surface area contributed by atoms with Crippen LogP contribution < -0.4 is 4.74 Å². The number of imide groups is 1. The van der Waals surface area contributed by atoms with Crippen LogP contribution in [0.4, 0.5) is 13.2 Å². The molecule has 2 amide bonds. The molecule has 0 spiro atoms. The van der Waals surface area contributed by atoms with Gasteiger partial charge in [-0.1, -0.05) is 42.5 Å². The largest absolute Gasteiger partial charge is 0.525 e. The number of amides is 2. The molecule has 8 nitrogen and oxygen atoms in total. The zero-order chi connectivity index (χ0) is 23.8. The third-order valence-electron chi connectivity index (χ3n) is 4.66. The second-order valence-corrected chi connectivity index (χ2v) is 8.37. The molecule has 1 aliphatic rings. The lowest BCUT2D eigenvalue weighted by atomic mass is 9.95. The van der Waals surface area contributed by atoms with Crippen molar-refractivity contribution in [2.45, 2.75) is 12.1 Å². The number of ether oxygens (including phenoxy) is 2. The topological polar surface area (TPSA) is 99.2 Å². The molecule has 0 aliphatic carbocycles. The van der Waals surface area contributed by atoms with Crippen LogP contribution in [0.2, 0.25) is 0 Å². The number of benzene rings is 3. The minimum atomic E-state index is -6.26. The Morgan fingerprint density at radius 3 is 2.27 bits per heavy atom. The fourth-order valence-electron chi connectivity index (χ4n) is 3.19. The maximum absolute atomic E-state index is 12.7. The number of rotatable bonds is 7. The van der Waals surface area contributed by atoms with E-state index in [0.29, 0.717) is 5.39 Å². The highest BCUT2D eigenvalue weighted by Crippen LogP contribution is 2.35. The summed E-state index contributed by atoms with van der Waals surface area (Å²) in [5.74, 6) is -2.61. The van der Waals surface area contributed by atoms with Gasteiger partial charge in [-0.2, -0.15) is 21.6 Å². The van der Waals surface area contributed by atoms with Crippen LogP contribution >= 0.6 is 0 Å². The SMILES string of the molecule is O=C1c2cccc3cc(OCOCc4ccccc4)cc(c23)C(=O)N1OS(=O)(=O)C(F)(F)F. The van der Waals surface area contributed by atoms with Gasteiger partial charge < -0.3 is 9.47 Å². The van der Waals surface area contributed by atoms with Gasteiger partial charge in [0.15, 0.2) is 6.79 Å². The lowest BCUT2D eigenvalue weighted by Crippen LogP contribution is -2.44. The van der Waals surface area contributed by atoms with Gasteiger partial charge in [-0.05, 0) is 29.1 Å². The summed E-state index contributed by atoms with van der Waals surface area (Å²) < 4.78 is 75.7. The van der Waals surface area contributed by atoms with Gasteiger partial charge in [0, 0.05) is 5.39 Å². The smallest absolute Gasteiger partial charge is 0.467 e. The van der Waals surface area contributed by atoms with Gasteiger partial charge in [0.2, 0.25) is 0 Å².